The van der Waals surface area contributed by atoms with Crippen LogP contribution in [-0.4, -0.2) is 58.1 Å². The van der Waals surface area contributed by atoms with E-state index in [0.29, 0.717) is 36.4 Å². The van der Waals surface area contributed by atoms with Crippen LogP contribution < -0.4 is 10.2 Å². The molecule has 1 aromatic carbocycles. The van der Waals surface area contributed by atoms with Crippen molar-refractivity contribution in [3.63, 3.8) is 0 Å². The van der Waals surface area contributed by atoms with E-state index < -0.39 is 0 Å². The highest BCUT2D eigenvalue weighted by molar-refractivity contribution is 7.99. The van der Waals surface area contributed by atoms with E-state index in [1.54, 1.807) is 6.07 Å². The Labute approximate surface area is 205 Å². The summed E-state index contributed by atoms with van der Waals surface area (Å²) in [7, 11) is 0. The van der Waals surface area contributed by atoms with Crippen LogP contribution in [0.1, 0.15) is 45.1 Å². The van der Waals surface area contributed by atoms with Crippen LogP contribution in [0.25, 0.3) is 0 Å². The number of thioether (sulfide) groups is 1. The molecule has 1 fully saturated rings. The first-order chi connectivity index (χ1) is 15.9. The van der Waals surface area contributed by atoms with Crippen molar-refractivity contribution in [2.45, 2.75) is 57.7 Å². The first kappa shape index (κ1) is 25.3. The molecule has 2 heterocycles. The van der Waals surface area contributed by atoms with Gasteiger partial charge in [0.2, 0.25) is 11.8 Å². The van der Waals surface area contributed by atoms with Crippen LogP contribution >= 0.6 is 23.4 Å². The fraction of sp³-hybridized carbons (Fsp3) is 0.500. The lowest BCUT2D eigenvalue weighted by atomic mass is 10.1. The molecule has 178 valence electrons. The Kier molecular flexibility index (Phi) is 9.38. The number of anilines is 2. The van der Waals surface area contributed by atoms with E-state index in [-0.39, 0.29) is 23.6 Å². The molecule has 0 bridgehead atoms. The van der Waals surface area contributed by atoms with Crippen LogP contribution in [0.5, 0.6) is 0 Å². The van der Waals surface area contributed by atoms with Gasteiger partial charge in [0, 0.05) is 43.9 Å². The van der Waals surface area contributed by atoms with Gasteiger partial charge in [0.15, 0.2) is 5.16 Å². The van der Waals surface area contributed by atoms with Crippen molar-refractivity contribution in [1.29, 1.82) is 0 Å². The third-order valence-electron chi connectivity index (χ3n) is 5.59. The molecular weight excluding hydrogens is 458 g/mol. The van der Waals surface area contributed by atoms with E-state index in [1.807, 2.05) is 36.1 Å². The zero-order chi connectivity index (χ0) is 23.8. The van der Waals surface area contributed by atoms with Gasteiger partial charge in [-0.2, -0.15) is 0 Å². The largest absolute Gasteiger partial charge is 0.353 e. The normalized spacial score (nSPS) is 16.1. The van der Waals surface area contributed by atoms with E-state index in [0.717, 1.165) is 36.3 Å². The highest BCUT2D eigenvalue weighted by Gasteiger charge is 2.28. The van der Waals surface area contributed by atoms with Gasteiger partial charge in [-0.05, 0) is 32.4 Å². The van der Waals surface area contributed by atoms with E-state index in [4.69, 9.17) is 11.6 Å². The molecule has 0 spiro atoms. The van der Waals surface area contributed by atoms with Crippen molar-refractivity contribution < 1.29 is 9.59 Å². The van der Waals surface area contributed by atoms with E-state index in [1.165, 1.54) is 11.8 Å². The second kappa shape index (κ2) is 12.2. The standard InChI is InChI=1S/C24H32ClN5O2S/c1-4-5-6-7-23(32)30-13-12-29(15-18(30)3)21-14-20(25)27-24(28-21)33-16-22(31)26-19-10-8-17(2)9-11-19/h8-11,14,18H,4-7,12-13,15-16H2,1-3H3,(H,26,31). The van der Waals surface area contributed by atoms with Gasteiger partial charge in [-0.1, -0.05) is 60.8 Å². The number of aromatic nitrogens is 2. The molecule has 1 N–H and O–H groups in total. The monoisotopic (exact) mass is 489 g/mol. The number of aryl methyl sites for hydroxylation is 1. The van der Waals surface area contributed by atoms with Gasteiger partial charge >= 0.3 is 0 Å². The van der Waals surface area contributed by atoms with Crippen LogP contribution in [0.3, 0.4) is 0 Å². The average Bonchev–Trinajstić information content (AvgIpc) is 2.79. The number of piperazine rings is 1. The second-order valence-electron chi connectivity index (χ2n) is 8.37. The Balaban J connectivity index is 1.56. The molecule has 2 aromatic rings. The van der Waals surface area contributed by atoms with Crippen molar-refractivity contribution in [1.82, 2.24) is 14.9 Å². The molecule has 1 aliphatic heterocycles. The Morgan fingerprint density at radius 3 is 2.64 bits per heavy atom. The summed E-state index contributed by atoms with van der Waals surface area (Å²) in [4.78, 5) is 37.9. The van der Waals surface area contributed by atoms with Crippen molar-refractivity contribution in [3.05, 3.63) is 41.0 Å². The maximum atomic E-state index is 12.6. The number of carbonyl (C=O) groups is 2. The van der Waals surface area contributed by atoms with Crippen molar-refractivity contribution in [2.75, 3.05) is 35.6 Å². The molecule has 1 unspecified atom stereocenters. The summed E-state index contributed by atoms with van der Waals surface area (Å²) >= 11 is 7.51. The Morgan fingerprint density at radius 1 is 1.18 bits per heavy atom. The summed E-state index contributed by atoms with van der Waals surface area (Å²) in [5.41, 5.74) is 1.90. The summed E-state index contributed by atoms with van der Waals surface area (Å²) < 4.78 is 0. The zero-order valence-corrected chi connectivity index (χ0v) is 21.1. The molecule has 0 saturated carbocycles. The first-order valence-corrected chi connectivity index (χ1v) is 12.8. The molecule has 1 saturated heterocycles. The quantitative estimate of drug-likeness (QED) is 0.236. The van der Waals surface area contributed by atoms with Crippen molar-refractivity contribution in [3.8, 4) is 0 Å². The molecule has 0 aliphatic carbocycles. The third-order valence-corrected chi connectivity index (χ3v) is 6.64. The van der Waals surface area contributed by atoms with E-state index in [2.05, 4.69) is 34.0 Å². The molecule has 3 rings (SSSR count). The number of unbranched alkanes of at least 4 members (excludes halogenated alkanes) is 2. The third kappa shape index (κ3) is 7.61. The molecule has 0 radical (unpaired) electrons. The van der Waals surface area contributed by atoms with Crippen molar-refractivity contribution in [2.24, 2.45) is 0 Å². The zero-order valence-electron chi connectivity index (χ0n) is 19.5. The summed E-state index contributed by atoms with van der Waals surface area (Å²) in [5.74, 6) is 1.01. The lowest BCUT2D eigenvalue weighted by molar-refractivity contribution is -0.133. The fourth-order valence-corrected chi connectivity index (χ4v) is 4.66. The molecular formula is C24H32ClN5O2S. The number of benzene rings is 1. The Bertz CT molecular complexity index is 956. The fourth-order valence-electron chi connectivity index (χ4n) is 3.78. The van der Waals surface area contributed by atoms with Gasteiger partial charge in [0.25, 0.3) is 0 Å². The predicted molar refractivity (Wildman–Crippen MR) is 135 cm³/mol. The van der Waals surface area contributed by atoms with Crippen LogP contribution in [-0.2, 0) is 9.59 Å². The van der Waals surface area contributed by atoms with E-state index in [9.17, 15) is 9.59 Å². The summed E-state index contributed by atoms with van der Waals surface area (Å²) in [6.07, 6.45) is 3.76. The Morgan fingerprint density at radius 2 is 1.94 bits per heavy atom. The highest BCUT2D eigenvalue weighted by Crippen LogP contribution is 2.24. The van der Waals surface area contributed by atoms with E-state index >= 15 is 0 Å². The van der Waals surface area contributed by atoms with Gasteiger partial charge in [-0.25, -0.2) is 9.97 Å². The SMILES string of the molecule is CCCCCC(=O)N1CCN(c2cc(Cl)nc(SCC(=O)Nc3ccc(C)cc3)n2)CC1C. The molecule has 1 aromatic heterocycles. The predicted octanol–water partition coefficient (Wildman–Crippen LogP) is 4.79. The number of amides is 2. The number of nitrogens with one attached hydrogen (secondary N) is 1. The van der Waals surface area contributed by atoms with Gasteiger partial charge in [-0.3, -0.25) is 9.59 Å². The molecule has 2 amide bonds. The van der Waals surface area contributed by atoms with Crippen LogP contribution in [0.4, 0.5) is 11.5 Å². The number of rotatable bonds is 9. The topological polar surface area (TPSA) is 78.4 Å². The van der Waals surface area contributed by atoms with Crippen LogP contribution in [0.2, 0.25) is 5.15 Å². The lowest BCUT2D eigenvalue weighted by Gasteiger charge is -2.40. The maximum Gasteiger partial charge on any atom is 0.234 e. The minimum atomic E-state index is -0.127. The summed E-state index contributed by atoms with van der Waals surface area (Å²) in [6.45, 7) is 8.25. The molecule has 9 heteroatoms. The number of nitrogens with zero attached hydrogens (tertiary/aromatic N) is 4. The highest BCUT2D eigenvalue weighted by atomic mass is 35.5. The van der Waals surface area contributed by atoms with Gasteiger partial charge < -0.3 is 15.1 Å². The van der Waals surface area contributed by atoms with Gasteiger partial charge in [-0.15, -0.1) is 0 Å². The average molecular weight is 490 g/mol. The maximum absolute atomic E-state index is 12.6. The number of carbonyl (C=O) groups excluding carboxylic acids is 2. The smallest absolute Gasteiger partial charge is 0.234 e. The minimum absolute atomic E-state index is 0.0954. The Hall–Kier alpha value is -2.32. The number of hydrogen-bond donors (Lipinski definition) is 1. The summed E-state index contributed by atoms with van der Waals surface area (Å²) in [6, 6.07) is 9.49. The minimum Gasteiger partial charge on any atom is -0.353 e. The summed E-state index contributed by atoms with van der Waals surface area (Å²) in [5, 5.41) is 3.68. The van der Waals surface area contributed by atoms with Crippen molar-refractivity contribution >= 4 is 46.7 Å². The molecule has 33 heavy (non-hydrogen) atoms. The molecule has 7 nitrogen and oxygen atoms in total. The lowest BCUT2D eigenvalue weighted by Crippen LogP contribution is -2.54. The molecule has 1 atom stereocenters. The second-order valence-corrected chi connectivity index (χ2v) is 9.70. The van der Waals surface area contributed by atoms with Gasteiger partial charge in [0.05, 0.1) is 5.75 Å². The molecule has 1 aliphatic rings. The van der Waals surface area contributed by atoms with Crippen LogP contribution in [0, 0.1) is 6.92 Å². The first-order valence-electron chi connectivity index (χ1n) is 11.4. The van der Waals surface area contributed by atoms with Gasteiger partial charge in [0.1, 0.15) is 11.0 Å². The number of hydrogen-bond acceptors (Lipinski definition) is 6. The van der Waals surface area contributed by atoms with Crippen LogP contribution in [0.15, 0.2) is 35.5 Å². The number of halogens is 1.